The lowest BCUT2D eigenvalue weighted by Crippen LogP contribution is -2.39. The summed E-state index contributed by atoms with van der Waals surface area (Å²) in [7, 11) is 0. The molecule has 0 aliphatic carbocycles. The normalized spacial score (nSPS) is 11.7. The number of nitrogens with one attached hydrogen (secondary N) is 2. The van der Waals surface area contributed by atoms with E-state index in [2.05, 4.69) is 15.6 Å². The van der Waals surface area contributed by atoms with E-state index in [-0.39, 0.29) is 17.9 Å². The molecule has 1 unspecified atom stereocenters. The molecule has 0 fully saturated rings. The van der Waals surface area contributed by atoms with E-state index in [0.717, 1.165) is 11.1 Å². The Balaban J connectivity index is 1.67. The van der Waals surface area contributed by atoms with Crippen molar-refractivity contribution in [3.8, 4) is 0 Å². The minimum atomic E-state index is -0.379. The molecule has 0 aliphatic rings. The van der Waals surface area contributed by atoms with Crippen LogP contribution >= 0.6 is 0 Å². The second kappa shape index (κ2) is 8.10. The molecule has 2 heterocycles. The molecule has 3 aromatic rings. The van der Waals surface area contributed by atoms with E-state index in [0.29, 0.717) is 13.1 Å². The third-order valence-corrected chi connectivity index (χ3v) is 3.84. The Kier molecular flexibility index (Phi) is 5.41. The maximum atomic E-state index is 13.2. The minimum absolute atomic E-state index is 0.279. The molecule has 0 bridgehead atoms. The van der Waals surface area contributed by atoms with Crippen LogP contribution in [0.1, 0.15) is 17.2 Å². The number of benzene rings is 1. The molecular weight excluding hydrogens is 319 g/mol. The van der Waals surface area contributed by atoms with E-state index in [1.165, 1.54) is 12.1 Å². The average Bonchev–Trinajstić information content (AvgIpc) is 3.15. The SMILES string of the molecule is O=C(NCCn1cccc1)NC(c1ccncc1)c1ccc(F)cc1. The van der Waals surface area contributed by atoms with Crippen LogP contribution in [-0.4, -0.2) is 22.1 Å². The number of hydrogen-bond acceptors (Lipinski definition) is 2. The van der Waals surface area contributed by atoms with E-state index in [4.69, 9.17) is 0 Å². The van der Waals surface area contributed by atoms with Crippen molar-refractivity contribution >= 4 is 6.03 Å². The number of pyridine rings is 1. The second-order valence-corrected chi connectivity index (χ2v) is 5.59. The van der Waals surface area contributed by atoms with Crippen LogP contribution < -0.4 is 10.6 Å². The maximum absolute atomic E-state index is 13.2. The molecule has 0 saturated carbocycles. The van der Waals surface area contributed by atoms with Gasteiger partial charge in [0.2, 0.25) is 0 Å². The number of aromatic nitrogens is 2. The number of nitrogens with zero attached hydrogens (tertiary/aromatic N) is 2. The number of urea groups is 1. The van der Waals surface area contributed by atoms with Crippen molar-refractivity contribution in [3.05, 3.63) is 90.3 Å². The Morgan fingerprint density at radius 1 is 1.04 bits per heavy atom. The van der Waals surface area contributed by atoms with Gasteiger partial charge < -0.3 is 15.2 Å². The summed E-state index contributed by atoms with van der Waals surface area (Å²) < 4.78 is 15.2. The Labute approximate surface area is 145 Å². The fourth-order valence-corrected chi connectivity index (χ4v) is 2.57. The molecule has 0 saturated heterocycles. The molecule has 2 amide bonds. The predicted molar refractivity (Wildman–Crippen MR) is 93.4 cm³/mol. The zero-order valence-electron chi connectivity index (χ0n) is 13.6. The van der Waals surface area contributed by atoms with Crippen LogP contribution in [0.3, 0.4) is 0 Å². The van der Waals surface area contributed by atoms with E-state index in [9.17, 15) is 9.18 Å². The minimum Gasteiger partial charge on any atom is -0.353 e. The number of amides is 2. The van der Waals surface area contributed by atoms with Gasteiger partial charge in [0, 0.05) is 37.9 Å². The monoisotopic (exact) mass is 338 g/mol. The Morgan fingerprint density at radius 3 is 2.36 bits per heavy atom. The number of hydrogen-bond donors (Lipinski definition) is 2. The number of carbonyl (C=O) groups is 1. The van der Waals surface area contributed by atoms with E-state index in [1.807, 2.05) is 41.2 Å². The quantitative estimate of drug-likeness (QED) is 0.725. The molecule has 5 nitrogen and oxygen atoms in total. The van der Waals surface area contributed by atoms with Crippen molar-refractivity contribution < 1.29 is 9.18 Å². The lowest BCUT2D eigenvalue weighted by atomic mass is 10.00. The van der Waals surface area contributed by atoms with Crippen LogP contribution in [0.4, 0.5) is 9.18 Å². The van der Waals surface area contributed by atoms with Crippen LogP contribution in [0, 0.1) is 5.82 Å². The Hall–Kier alpha value is -3.15. The van der Waals surface area contributed by atoms with Crippen LogP contribution in [0.2, 0.25) is 0 Å². The highest BCUT2D eigenvalue weighted by Crippen LogP contribution is 2.21. The van der Waals surface area contributed by atoms with Gasteiger partial charge in [0.1, 0.15) is 5.82 Å². The van der Waals surface area contributed by atoms with Crippen LogP contribution in [0.25, 0.3) is 0 Å². The van der Waals surface area contributed by atoms with Crippen molar-refractivity contribution in [2.24, 2.45) is 0 Å². The summed E-state index contributed by atoms with van der Waals surface area (Å²) in [6, 6.07) is 13.0. The van der Waals surface area contributed by atoms with Crippen molar-refractivity contribution in [1.82, 2.24) is 20.2 Å². The van der Waals surface area contributed by atoms with E-state index >= 15 is 0 Å². The summed E-state index contributed by atoms with van der Waals surface area (Å²) >= 11 is 0. The largest absolute Gasteiger partial charge is 0.353 e. The Bertz CT molecular complexity index is 788. The van der Waals surface area contributed by atoms with E-state index in [1.54, 1.807) is 24.5 Å². The summed E-state index contributed by atoms with van der Waals surface area (Å²) in [5.74, 6) is -0.312. The van der Waals surface area contributed by atoms with Gasteiger partial charge in [-0.25, -0.2) is 9.18 Å². The van der Waals surface area contributed by atoms with Gasteiger partial charge in [-0.05, 0) is 47.5 Å². The molecule has 0 spiro atoms. The summed E-state index contributed by atoms with van der Waals surface area (Å²) in [4.78, 5) is 16.3. The number of carbonyl (C=O) groups excluding carboxylic acids is 1. The van der Waals surface area contributed by atoms with Crippen LogP contribution in [0.5, 0.6) is 0 Å². The molecule has 128 valence electrons. The van der Waals surface area contributed by atoms with Crippen molar-refractivity contribution in [2.45, 2.75) is 12.6 Å². The van der Waals surface area contributed by atoms with Crippen molar-refractivity contribution in [1.29, 1.82) is 0 Å². The fourth-order valence-electron chi connectivity index (χ4n) is 2.57. The molecule has 0 radical (unpaired) electrons. The fraction of sp³-hybridized carbons (Fsp3) is 0.158. The molecule has 6 heteroatoms. The standard InChI is InChI=1S/C19H19FN4O/c20-17-5-3-15(4-6-17)18(16-7-9-21-10-8-16)23-19(25)22-11-14-24-12-1-2-13-24/h1-10,12-13,18H,11,14H2,(H2,22,23,25). The molecule has 3 rings (SSSR count). The Morgan fingerprint density at radius 2 is 1.68 bits per heavy atom. The van der Waals surface area contributed by atoms with Gasteiger partial charge in [-0.2, -0.15) is 0 Å². The molecular formula is C19H19FN4O. The van der Waals surface area contributed by atoms with Gasteiger partial charge in [-0.3, -0.25) is 4.98 Å². The molecule has 1 aromatic carbocycles. The van der Waals surface area contributed by atoms with Gasteiger partial charge in [0.05, 0.1) is 6.04 Å². The highest BCUT2D eigenvalue weighted by molar-refractivity contribution is 5.75. The first-order valence-electron chi connectivity index (χ1n) is 8.03. The van der Waals surface area contributed by atoms with Crippen molar-refractivity contribution in [3.63, 3.8) is 0 Å². The highest BCUT2D eigenvalue weighted by Gasteiger charge is 2.16. The summed E-state index contributed by atoms with van der Waals surface area (Å²) in [5, 5.41) is 5.78. The third kappa shape index (κ3) is 4.67. The maximum Gasteiger partial charge on any atom is 0.315 e. The first-order valence-corrected chi connectivity index (χ1v) is 8.03. The van der Waals surface area contributed by atoms with Crippen LogP contribution in [-0.2, 0) is 6.54 Å². The predicted octanol–water partition coefficient (Wildman–Crippen LogP) is 3.11. The molecule has 1 atom stereocenters. The zero-order valence-corrected chi connectivity index (χ0v) is 13.6. The lowest BCUT2D eigenvalue weighted by Gasteiger charge is -2.20. The van der Waals surface area contributed by atoms with Gasteiger partial charge in [0.25, 0.3) is 0 Å². The molecule has 25 heavy (non-hydrogen) atoms. The molecule has 2 N–H and O–H groups in total. The van der Waals surface area contributed by atoms with Gasteiger partial charge in [-0.15, -0.1) is 0 Å². The van der Waals surface area contributed by atoms with Crippen LogP contribution in [0.15, 0.2) is 73.3 Å². The van der Waals surface area contributed by atoms with Gasteiger partial charge in [-0.1, -0.05) is 12.1 Å². The van der Waals surface area contributed by atoms with E-state index < -0.39 is 0 Å². The van der Waals surface area contributed by atoms with Crippen molar-refractivity contribution in [2.75, 3.05) is 6.54 Å². The second-order valence-electron chi connectivity index (χ2n) is 5.59. The first kappa shape index (κ1) is 16.7. The first-order chi connectivity index (χ1) is 12.2. The smallest absolute Gasteiger partial charge is 0.315 e. The molecule has 2 aromatic heterocycles. The number of rotatable bonds is 6. The van der Waals surface area contributed by atoms with Gasteiger partial charge >= 0.3 is 6.03 Å². The number of halogens is 1. The summed E-state index contributed by atoms with van der Waals surface area (Å²) in [6.45, 7) is 1.20. The lowest BCUT2D eigenvalue weighted by molar-refractivity contribution is 0.238. The zero-order chi connectivity index (χ0) is 17.5. The molecule has 0 aliphatic heterocycles. The third-order valence-electron chi connectivity index (χ3n) is 3.84. The summed E-state index contributed by atoms with van der Waals surface area (Å²) in [5.41, 5.74) is 1.68. The average molecular weight is 338 g/mol. The highest BCUT2D eigenvalue weighted by atomic mass is 19.1. The summed E-state index contributed by atoms with van der Waals surface area (Å²) in [6.07, 6.45) is 7.21. The van der Waals surface area contributed by atoms with Gasteiger partial charge in [0.15, 0.2) is 0 Å². The topological polar surface area (TPSA) is 59.0 Å².